The van der Waals surface area contributed by atoms with Gasteiger partial charge in [0.1, 0.15) is 5.82 Å². The largest absolute Gasteiger partial charge is 0.300 e. The predicted octanol–water partition coefficient (Wildman–Crippen LogP) is 3.50. The molecule has 0 N–H and O–H groups in total. The van der Waals surface area contributed by atoms with Gasteiger partial charge in [0, 0.05) is 13.1 Å². The third kappa shape index (κ3) is 2.75. The van der Waals surface area contributed by atoms with Crippen LogP contribution in [0.15, 0.2) is 24.3 Å². The molecule has 0 atom stereocenters. The third-order valence-corrected chi connectivity index (χ3v) is 3.55. The molecule has 2 heteroatoms. The van der Waals surface area contributed by atoms with Gasteiger partial charge in [-0.3, -0.25) is 4.90 Å². The summed E-state index contributed by atoms with van der Waals surface area (Å²) < 4.78 is 13.7. The summed E-state index contributed by atoms with van der Waals surface area (Å²) in [5.74, 6) is -0.0659. The first-order valence-electron chi connectivity index (χ1n) is 6.44. The fraction of sp³-hybridized carbons (Fsp3) is 0.467. The van der Waals surface area contributed by atoms with Gasteiger partial charge < -0.3 is 0 Å². The topological polar surface area (TPSA) is 3.24 Å². The minimum atomic E-state index is -0.0659. The fourth-order valence-electron chi connectivity index (χ4n) is 2.29. The fourth-order valence-corrected chi connectivity index (χ4v) is 2.29. The van der Waals surface area contributed by atoms with Crippen molar-refractivity contribution >= 4 is 5.57 Å². The van der Waals surface area contributed by atoms with Crippen LogP contribution in [0.25, 0.3) is 5.57 Å². The van der Waals surface area contributed by atoms with Crippen LogP contribution in [-0.2, 0) is 6.42 Å². The van der Waals surface area contributed by atoms with E-state index in [2.05, 4.69) is 24.0 Å². The lowest BCUT2D eigenvalue weighted by atomic mass is 9.97. The molecular weight excluding hydrogens is 213 g/mol. The molecule has 0 aliphatic carbocycles. The molecule has 92 valence electrons. The molecule has 0 saturated carbocycles. The molecule has 1 aliphatic heterocycles. The number of hydrogen-bond donors (Lipinski definition) is 0. The molecule has 1 aliphatic rings. The first kappa shape index (κ1) is 12.3. The molecular formula is C15H20FN. The minimum absolute atomic E-state index is 0.0659. The van der Waals surface area contributed by atoms with Gasteiger partial charge in [0.05, 0.1) is 0 Å². The summed E-state index contributed by atoms with van der Waals surface area (Å²) in [6, 6.07) is 5.65. The highest BCUT2D eigenvalue weighted by molar-refractivity contribution is 5.66. The van der Waals surface area contributed by atoms with E-state index in [9.17, 15) is 4.39 Å². The van der Waals surface area contributed by atoms with Crippen LogP contribution in [-0.4, -0.2) is 24.5 Å². The van der Waals surface area contributed by atoms with Crippen LogP contribution in [0.1, 0.15) is 31.4 Å². The zero-order valence-electron chi connectivity index (χ0n) is 10.7. The molecule has 0 unspecified atom stereocenters. The Labute approximate surface area is 103 Å². The van der Waals surface area contributed by atoms with Crippen molar-refractivity contribution in [2.75, 3.05) is 19.6 Å². The maximum absolute atomic E-state index is 13.7. The molecule has 1 heterocycles. The highest BCUT2D eigenvalue weighted by atomic mass is 19.1. The quantitative estimate of drug-likeness (QED) is 0.772. The van der Waals surface area contributed by atoms with Gasteiger partial charge in [-0.2, -0.15) is 0 Å². The number of halogens is 1. The van der Waals surface area contributed by atoms with Crippen molar-refractivity contribution < 1.29 is 4.39 Å². The summed E-state index contributed by atoms with van der Waals surface area (Å²) in [6.07, 6.45) is 4.01. The maximum atomic E-state index is 13.7. The normalized spacial score (nSPS) is 17.0. The number of hydrogen-bond acceptors (Lipinski definition) is 1. The Balaban J connectivity index is 2.18. The Morgan fingerprint density at radius 2 is 2.12 bits per heavy atom. The number of benzene rings is 1. The van der Waals surface area contributed by atoms with Crippen molar-refractivity contribution in [1.82, 2.24) is 4.90 Å². The second kappa shape index (κ2) is 5.46. The smallest absolute Gasteiger partial charge is 0.126 e. The molecule has 0 bridgehead atoms. The molecule has 0 spiro atoms. The Morgan fingerprint density at radius 3 is 2.65 bits per heavy atom. The van der Waals surface area contributed by atoms with Gasteiger partial charge in [-0.1, -0.05) is 32.1 Å². The number of nitrogens with zero attached hydrogens (tertiary/aromatic N) is 1. The van der Waals surface area contributed by atoms with E-state index in [-0.39, 0.29) is 5.82 Å². The Bertz CT molecular complexity index is 423. The van der Waals surface area contributed by atoms with Crippen LogP contribution < -0.4 is 0 Å². The molecule has 0 aromatic heterocycles. The Kier molecular flexibility index (Phi) is 3.95. The Morgan fingerprint density at radius 1 is 1.29 bits per heavy atom. The monoisotopic (exact) mass is 233 g/mol. The van der Waals surface area contributed by atoms with Crippen molar-refractivity contribution in [2.45, 2.75) is 26.7 Å². The Hall–Kier alpha value is -1.15. The summed E-state index contributed by atoms with van der Waals surface area (Å²) in [5, 5.41) is 0. The van der Waals surface area contributed by atoms with Crippen molar-refractivity contribution in [3.63, 3.8) is 0 Å². The van der Waals surface area contributed by atoms with E-state index >= 15 is 0 Å². The molecule has 0 saturated heterocycles. The molecule has 0 radical (unpaired) electrons. The number of likely N-dealkylation sites (N-methyl/N-ethyl adjacent to an activating group) is 1. The van der Waals surface area contributed by atoms with Gasteiger partial charge in [-0.15, -0.1) is 0 Å². The van der Waals surface area contributed by atoms with E-state index in [1.807, 2.05) is 13.0 Å². The highest BCUT2D eigenvalue weighted by Gasteiger charge is 2.12. The average Bonchev–Trinajstić information content (AvgIpc) is 2.39. The van der Waals surface area contributed by atoms with Crippen molar-refractivity contribution in [3.8, 4) is 0 Å². The molecule has 0 amide bonds. The van der Waals surface area contributed by atoms with E-state index in [0.29, 0.717) is 0 Å². The van der Waals surface area contributed by atoms with Crippen molar-refractivity contribution in [1.29, 1.82) is 0 Å². The van der Waals surface area contributed by atoms with Crippen LogP contribution in [0, 0.1) is 5.82 Å². The summed E-state index contributed by atoms with van der Waals surface area (Å²) in [7, 11) is 0. The summed E-state index contributed by atoms with van der Waals surface area (Å²) in [6.45, 7) is 7.32. The van der Waals surface area contributed by atoms with E-state index in [1.54, 1.807) is 6.07 Å². The second-order valence-corrected chi connectivity index (χ2v) is 4.53. The van der Waals surface area contributed by atoms with Gasteiger partial charge in [-0.05, 0) is 42.2 Å². The van der Waals surface area contributed by atoms with Crippen LogP contribution >= 0.6 is 0 Å². The van der Waals surface area contributed by atoms with Crippen LogP contribution in [0.4, 0.5) is 4.39 Å². The van der Waals surface area contributed by atoms with Gasteiger partial charge in [0.2, 0.25) is 0 Å². The first-order valence-corrected chi connectivity index (χ1v) is 6.44. The lowest BCUT2D eigenvalue weighted by Crippen LogP contribution is -2.28. The highest BCUT2D eigenvalue weighted by Crippen LogP contribution is 2.24. The zero-order valence-corrected chi connectivity index (χ0v) is 10.7. The van der Waals surface area contributed by atoms with Gasteiger partial charge >= 0.3 is 0 Å². The number of aryl methyl sites for hydroxylation is 1. The molecule has 1 aromatic rings. The molecule has 17 heavy (non-hydrogen) atoms. The minimum Gasteiger partial charge on any atom is -0.300 e. The second-order valence-electron chi connectivity index (χ2n) is 4.53. The van der Waals surface area contributed by atoms with E-state index < -0.39 is 0 Å². The molecule has 1 aromatic carbocycles. The van der Waals surface area contributed by atoms with E-state index in [0.717, 1.165) is 43.6 Å². The van der Waals surface area contributed by atoms with Gasteiger partial charge in [0.15, 0.2) is 0 Å². The number of rotatable bonds is 3. The van der Waals surface area contributed by atoms with E-state index in [4.69, 9.17) is 0 Å². The lowest BCUT2D eigenvalue weighted by molar-refractivity contribution is 0.318. The van der Waals surface area contributed by atoms with Crippen molar-refractivity contribution in [2.24, 2.45) is 0 Å². The van der Waals surface area contributed by atoms with E-state index in [1.165, 1.54) is 5.57 Å². The molecule has 1 nitrogen and oxygen atoms in total. The maximum Gasteiger partial charge on any atom is 0.126 e. The lowest BCUT2D eigenvalue weighted by Gasteiger charge is -2.25. The first-order chi connectivity index (χ1) is 8.24. The van der Waals surface area contributed by atoms with Crippen molar-refractivity contribution in [3.05, 3.63) is 41.2 Å². The average molecular weight is 233 g/mol. The van der Waals surface area contributed by atoms with Gasteiger partial charge in [0.25, 0.3) is 0 Å². The third-order valence-electron chi connectivity index (χ3n) is 3.55. The van der Waals surface area contributed by atoms with Crippen LogP contribution in [0.3, 0.4) is 0 Å². The van der Waals surface area contributed by atoms with Crippen LogP contribution in [0.2, 0.25) is 0 Å². The standard InChI is InChI=1S/C15H20FN/c1-3-12-5-6-14(11-15(12)16)13-7-9-17(4-2)10-8-13/h5-7,11H,3-4,8-10H2,1-2H3. The SMILES string of the molecule is CCc1ccc(C2=CCN(CC)CC2)cc1F. The summed E-state index contributed by atoms with van der Waals surface area (Å²) in [4.78, 5) is 2.39. The molecule has 2 rings (SSSR count). The summed E-state index contributed by atoms with van der Waals surface area (Å²) in [5.41, 5.74) is 3.15. The predicted molar refractivity (Wildman–Crippen MR) is 70.5 cm³/mol. The van der Waals surface area contributed by atoms with Gasteiger partial charge in [-0.25, -0.2) is 4.39 Å². The summed E-state index contributed by atoms with van der Waals surface area (Å²) >= 11 is 0. The van der Waals surface area contributed by atoms with Crippen LogP contribution in [0.5, 0.6) is 0 Å². The molecule has 0 fully saturated rings. The zero-order chi connectivity index (χ0) is 12.3.